The average Bonchev–Trinajstić information content (AvgIpc) is 2.75. The van der Waals surface area contributed by atoms with Gasteiger partial charge in [-0.3, -0.25) is 4.79 Å². The second kappa shape index (κ2) is 4.89. The highest BCUT2D eigenvalue weighted by molar-refractivity contribution is 6.30. The lowest BCUT2D eigenvalue weighted by molar-refractivity contribution is 0.0698. The Morgan fingerprint density at radius 3 is 2.75 bits per heavy atom. The lowest BCUT2D eigenvalue weighted by Crippen LogP contribution is -2.44. The highest BCUT2D eigenvalue weighted by Gasteiger charge is 2.23. The molecule has 1 amide bonds. The van der Waals surface area contributed by atoms with Gasteiger partial charge in [-0.05, 0) is 32.0 Å². The fourth-order valence-corrected chi connectivity index (χ4v) is 2.20. The summed E-state index contributed by atoms with van der Waals surface area (Å²) >= 11 is 5.78. The molecule has 1 saturated heterocycles. The van der Waals surface area contributed by atoms with Gasteiger partial charge in [-0.25, -0.2) is 0 Å². The minimum atomic E-state index is 0.0128. The van der Waals surface area contributed by atoms with Crippen LogP contribution in [0.4, 0.5) is 0 Å². The van der Waals surface area contributed by atoms with Crippen LogP contribution in [0.25, 0.3) is 0 Å². The molecular formula is C11H16ClN3O. The fraction of sp³-hybridized carbons (Fsp3) is 0.545. The normalized spacial score (nSPS) is 17.4. The maximum absolute atomic E-state index is 12.1. The van der Waals surface area contributed by atoms with Gasteiger partial charge in [0.25, 0.3) is 5.91 Å². The van der Waals surface area contributed by atoms with Crippen LogP contribution in [0.5, 0.6) is 0 Å². The van der Waals surface area contributed by atoms with Crippen molar-refractivity contribution in [2.45, 2.75) is 18.9 Å². The third kappa shape index (κ3) is 2.39. The molecule has 1 aliphatic heterocycles. The van der Waals surface area contributed by atoms with Gasteiger partial charge in [0.1, 0.15) is 5.69 Å². The molecule has 0 spiro atoms. The highest BCUT2D eigenvalue weighted by atomic mass is 35.5. The lowest BCUT2D eigenvalue weighted by atomic mass is 10.1. The molecule has 0 bridgehead atoms. The average molecular weight is 242 g/mol. The van der Waals surface area contributed by atoms with Gasteiger partial charge in [-0.15, -0.1) is 0 Å². The molecule has 0 atom stereocenters. The van der Waals surface area contributed by atoms with Crippen molar-refractivity contribution in [1.29, 1.82) is 0 Å². The number of halogens is 1. The first-order valence-corrected chi connectivity index (χ1v) is 5.88. The number of hydrogen-bond donors (Lipinski definition) is 2. The summed E-state index contributed by atoms with van der Waals surface area (Å²) in [4.78, 5) is 16.8. The third-order valence-corrected chi connectivity index (χ3v) is 3.27. The van der Waals surface area contributed by atoms with E-state index in [0.29, 0.717) is 16.8 Å². The Morgan fingerprint density at radius 2 is 2.19 bits per heavy atom. The summed E-state index contributed by atoms with van der Waals surface area (Å²) in [6.07, 6.45) is 3.65. The van der Waals surface area contributed by atoms with E-state index in [9.17, 15) is 4.79 Å². The van der Waals surface area contributed by atoms with Gasteiger partial charge in [-0.2, -0.15) is 0 Å². The molecule has 0 radical (unpaired) electrons. The predicted molar refractivity (Wildman–Crippen MR) is 63.8 cm³/mol. The molecule has 1 aromatic heterocycles. The number of nitrogens with one attached hydrogen (secondary N) is 2. The molecule has 1 aliphatic rings. The molecule has 0 saturated carbocycles. The zero-order valence-electron chi connectivity index (χ0n) is 9.29. The Bertz CT molecular complexity index is 371. The van der Waals surface area contributed by atoms with Crippen LogP contribution in [-0.4, -0.2) is 42.0 Å². The molecule has 88 valence electrons. The van der Waals surface area contributed by atoms with Crippen molar-refractivity contribution in [2.75, 3.05) is 20.1 Å². The molecule has 0 unspecified atom stereocenters. The van der Waals surface area contributed by atoms with Crippen molar-refractivity contribution in [3.8, 4) is 0 Å². The Kier molecular flexibility index (Phi) is 3.51. The Balaban J connectivity index is 2.03. The molecule has 0 aliphatic carbocycles. The van der Waals surface area contributed by atoms with Crippen LogP contribution in [0, 0.1) is 0 Å². The number of hydrogen-bond acceptors (Lipinski definition) is 2. The summed E-state index contributed by atoms with van der Waals surface area (Å²) in [5.74, 6) is 0.0128. The Hall–Kier alpha value is -1.00. The number of carbonyl (C=O) groups is 1. The smallest absolute Gasteiger partial charge is 0.270 e. The second-order valence-corrected chi connectivity index (χ2v) is 4.57. The number of amides is 1. The van der Waals surface area contributed by atoms with Gasteiger partial charge >= 0.3 is 0 Å². The maximum atomic E-state index is 12.1. The van der Waals surface area contributed by atoms with Crippen molar-refractivity contribution < 1.29 is 4.79 Å². The largest absolute Gasteiger partial charge is 0.356 e. The summed E-state index contributed by atoms with van der Waals surface area (Å²) in [5.41, 5.74) is 0.561. The molecule has 1 aromatic rings. The van der Waals surface area contributed by atoms with Crippen molar-refractivity contribution in [3.63, 3.8) is 0 Å². The van der Waals surface area contributed by atoms with Crippen molar-refractivity contribution in [3.05, 3.63) is 23.0 Å². The van der Waals surface area contributed by atoms with Gasteiger partial charge in [0.2, 0.25) is 0 Å². The van der Waals surface area contributed by atoms with E-state index in [0.717, 1.165) is 25.9 Å². The van der Waals surface area contributed by atoms with E-state index < -0.39 is 0 Å². The topological polar surface area (TPSA) is 48.1 Å². The molecule has 2 heterocycles. The lowest BCUT2D eigenvalue weighted by Gasteiger charge is -2.31. The number of aromatic amines is 1. The van der Waals surface area contributed by atoms with E-state index in [-0.39, 0.29) is 5.91 Å². The first-order chi connectivity index (χ1) is 7.68. The number of aromatic nitrogens is 1. The molecule has 2 N–H and O–H groups in total. The van der Waals surface area contributed by atoms with Crippen LogP contribution in [-0.2, 0) is 0 Å². The summed E-state index contributed by atoms with van der Waals surface area (Å²) in [6.45, 7) is 1.96. The number of carbonyl (C=O) groups excluding carboxylic acids is 1. The Labute approximate surface area is 100.0 Å². The van der Waals surface area contributed by atoms with Crippen LogP contribution in [0.15, 0.2) is 12.3 Å². The second-order valence-electron chi connectivity index (χ2n) is 4.13. The monoisotopic (exact) mass is 241 g/mol. The van der Waals surface area contributed by atoms with Gasteiger partial charge in [0.15, 0.2) is 0 Å². The quantitative estimate of drug-likeness (QED) is 0.824. The van der Waals surface area contributed by atoms with E-state index in [1.165, 1.54) is 0 Å². The highest BCUT2D eigenvalue weighted by Crippen LogP contribution is 2.15. The molecule has 1 fully saturated rings. The number of nitrogens with zero attached hydrogens (tertiary/aromatic N) is 1. The van der Waals surface area contributed by atoms with Gasteiger partial charge in [0.05, 0.1) is 5.02 Å². The van der Waals surface area contributed by atoms with Gasteiger partial charge < -0.3 is 15.2 Å². The van der Waals surface area contributed by atoms with Gasteiger partial charge in [-0.1, -0.05) is 11.6 Å². The number of rotatable bonds is 2. The predicted octanol–water partition coefficient (Wildman–Crippen LogP) is 1.49. The SMILES string of the molecule is CN(C(=O)c1cc(Cl)c[nH]1)C1CCNCC1. The molecule has 16 heavy (non-hydrogen) atoms. The summed E-state index contributed by atoms with van der Waals surface area (Å²) in [5, 5.41) is 3.86. The molecule has 4 nitrogen and oxygen atoms in total. The van der Waals surface area contributed by atoms with E-state index >= 15 is 0 Å². The summed E-state index contributed by atoms with van der Waals surface area (Å²) in [7, 11) is 1.85. The van der Waals surface area contributed by atoms with Crippen LogP contribution in [0.1, 0.15) is 23.3 Å². The molecule has 5 heteroatoms. The summed E-state index contributed by atoms with van der Waals surface area (Å²) < 4.78 is 0. The standard InChI is InChI=1S/C11H16ClN3O/c1-15(9-2-4-13-5-3-9)11(16)10-6-8(12)7-14-10/h6-7,9,13-14H,2-5H2,1H3. The van der Waals surface area contributed by atoms with Crippen LogP contribution in [0.3, 0.4) is 0 Å². The van der Waals surface area contributed by atoms with Crippen molar-refractivity contribution in [1.82, 2.24) is 15.2 Å². The van der Waals surface area contributed by atoms with Gasteiger partial charge in [0, 0.05) is 19.3 Å². The van der Waals surface area contributed by atoms with Crippen LogP contribution >= 0.6 is 11.6 Å². The number of H-pyrrole nitrogens is 1. The Morgan fingerprint density at radius 1 is 1.50 bits per heavy atom. The third-order valence-electron chi connectivity index (χ3n) is 3.05. The first kappa shape index (κ1) is 11.5. The zero-order valence-corrected chi connectivity index (χ0v) is 10.0. The van der Waals surface area contributed by atoms with E-state index in [1.807, 2.05) is 11.9 Å². The zero-order chi connectivity index (χ0) is 11.5. The fourth-order valence-electron chi connectivity index (χ4n) is 2.04. The molecule has 2 rings (SSSR count). The van der Waals surface area contributed by atoms with Crippen LogP contribution < -0.4 is 5.32 Å². The number of piperidine rings is 1. The maximum Gasteiger partial charge on any atom is 0.270 e. The minimum absolute atomic E-state index is 0.0128. The molecular weight excluding hydrogens is 226 g/mol. The van der Waals surface area contributed by atoms with E-state index in [4.69, 9.17) is 11.6 Å². The van der Waals surface area contributed by atoms with Crippen molar-refractivity contribution >= 4 is 17.5 Å². The summed E-state index contributed by atoms with van der Waals surface area (Å²) in [6, 6.07) is 2.00. The van der Waals surface area contributed by atoms with Crippen molar-refractivity contribution in [2.24, 2.45) is 0 Å². The van der Waals surface area contributed by atoms with E-state index in [1.54, 1.807) is 12.3 Å². The van der Waals surface area contributed by atoms with E-state index in [2.05, 4.69) is 10.3 Å². The first-order valence-electron chi connectivity index (χ1n) is 5.50. The van der Waals surface area contributed by atoms with Crippen LogP contribution in [0.2, 0.25) is 5.02 Å². The minimum Gasteiger partial charge on any atom is -0.356 e. The molecule has 0 aromatic carbocycles.